The highest BCUT2D eigenvalue weighted by Crippen LogP contribution is 2.51. The Kier molecular flexibility index (Phi) is 15.3. The van der Waals surface area contributed by atoms with Gasteiger partial charge in [-0.25, -0.2) is 30.0 Å². The Balaban J connectivity index is 0.971. The van der Waals surface area contributed by atoms with Gasteiger partial charge in [-0.05, 0) is 243 Å². The van der Waals surface area contributed by atoms with Crippen LogP contribution >= 0.6 is 0 Å². The number of fused-ring (bicyclic) bond motifs is 14. The summed E-state index contributed by atoms with van der Waals surface area (Å²) in [6.07, 6.45) is 52.5. The molecule has 0 spiro atoms. The quantitative estimate of drug-likeness (QED) is 0.136. The molecule has 0 N–H and O–H groups in total. The number of hydrogen-bond acceptors (Lipinski definition) is 6. The zero-order chi connectivity index (χ0) is 58.5. The molecule has 8 aliphatic carbocycles. The van der Waals surface area contributed by atoms with E-state index in [0.717, 1.165) is 46.0 Å². The molecule has 0 unspecified atom stereocenters. The van der Waals surface area contributed by atoms with Crippen molar-refractivity contribution in [1.82, 2.24) is 7.10 Å². The van der Waals surface area contributed by atoms with Crippen molar-refractivity contribution in [3.63, 3.8) is 0 Å². The molecule has 89 heavy (non-hydrogen) atoms. The first kappa shape index (κ1) is 56.5. The molecule has 9 heteroatoms. The minimum Gasteiger partial charge on any atom is -0.389 e. The predicted octanol–water partition coefficient (Wildman–Crippen LogP) is 20.9. The number of nitrogens with zero attached hydrogens (tertiary/aromatic N) is 8. The van der Waals surface area contributed by atoms with Crippen LogP contribution in [0.4, 0.5) is 11.6 Å². The highest BCUT2D eigenvalue weighted by molar-refractivity contribution is 6.37. The lowest BCUT2D eigenvalue weighted by molar-refractivity contribution is 0.419. The standard InChI is InChI=1S/C80H96N8.Al/c1-9-25-49(26-10-1)57-41-65-66(42-58(57)50-27-11-2-12-28-50)74-81-73(65)85-75-67-43-59(51-29-13-3-14-30-51)60(52-31-15-4-16-32-52)44-68(67)77(82-75)87-79-71-47-63(55-37-21-7-22-38-55)64(56-39-23-8-24-40-56)48-72(71)80(84-79)88-78-70-46-62(54-35-19-6-20-36-54)61(53-33-17-5-18-34-53)45-69(70)76(83-78)86-74;/h41-56H,1-40H2;/q-2;+2. The summed E-state index contributed by atoms with van der Waals surface area (Å²) in [5.41, 5.74) is 19.7. The van der Waals surface area contributed by atoms with E-state index >= 15 is 0 Å². The second-order valence-electron chi connectivity index (χ2n) is 30.9. The van der Waals surface area contributed by atoms with Gasteiger partial charge in [0.15, 0.2) is 23.3 Å². The van der Waals surface area contributed by atoms with Crippen molar-refractivity contribution < 1.29 is 0 Å². The second kappa shape index (κ2) is 24.0. The number of hydrogen-bond donors (Lipinski definition) is 0. The van der Waals surface area contributed by atoms with Crippen LogP contribution in [0.2, 0.25) is 0 Å². The van der Waals surface area contributed by atoms with Crippen molar-refractivity contribution in [2.45, 2.75) is 304 Å². The minimum absolute atomic E-state index is 0.567. The molecule has 6 aromatic rings. The predicted molar refractivity (Wildman–Crippen MR) is 368 cm³/mol. The summed E-state index contributed by atoms with van der Waals surface area (Å²) in [7, 11) is 0. The fourth-order valence-corrected chi connectivity index (χ4v) is 22.3. The first-order chi connectivity index (χ1) is 44.1. The second-order valence-corrected chi connectivity index (χ2v) is 32.2. The third kappa shape index (κ3) is 10.1. The van der Waals surface area contributed by atoms with Crippen LogP contribution < -0.4 is 11.0 Å². The van der Waals surface area contributed by atoms with Crippen molar-refractivity contribution in [3.8, 4) is 0 Å². The van der Waals surface area contributed by atoms with Gasteiger partial charge in [0.05, 0.1) is 0 Å². The average Bonchev–Trinajstić information content (AvgIpc) is 1.65. The summed E-state index contributed by atoms with van der Waals surface area (Å²) in [6.45, 7) is 0. The van der Waals surface area contributed by atoms with Crippen LogP contribution in [0.1, 0.15) is 371 Å². The number of rotatable bonds is 8. The number of benzene rings is 4. The molecule has 2 aromatic heterocycles. The van der Waals surface area contributed by atoms with E-state index in [1.807, 2.05) is 0 Å². The molecule has 18 rings (SSSR count). The van der Waals surface area contributed by atoms with Gasteiger partial charge in [0.25, 0.3) is 0 Å². The lowest BCUT2D eigenvalue weighted by Gasteiger charge is -2.30. The van der Waals surface area contributed by atoms with Crippen molar-refractivity contribution >= 4 is 72.2 Å². The smallest absolute Gasteiger partial charge is 0.389 e. The lowest BCUT2D eigenvalue weighted by atomic mass is 9.74. The fourth-order valence-electron chi connectivity index (χ4n) is 20.8. The molecule has 4 aromatic carbocycles. The van der Waals surface area contributed by atoms with Crippen LogP contribution in [-0.2, 0) is 0 Å². The van der Waals surface area contributed by atoms with E-state index in [1.54, 1.807) is 44.5 Å². The van der Waals surface area contributed by atoms with Crippen molar-refractivity contribution in [2.75, 3.05) is 0 Å². The summed E-state index contributed by atoms with van der Waals surface area (Å²) in [6, 6.07) is 21.4. The van der Waals surface area contributed by atoms with E-state index in [0.29, 0.717) is 47.3 Å². The first-order valence-corrected chi connectivity index (χ1v) is 38.6. The number of amidine groups is 4. The van der Waals surface area contributed by atoms with E-state index in [4.69, 9.17) is 30.0 Å². The molecule has 4 aliphatic heterocycles. The zero-order valence-electron chi connectivity index (χ0n) is 53.7. The maximum absolute atomic E-state index is 6.19. The van der Waals surface area contributed by atoms with Crippen LogP contribution in [0, 0.1) is 0 Å². The molecule has 0 saturated heterocycles. The van der Waals surface area contributed by atoms with Gasteiger partial charge in [-0.15, -0.1) is 0 Å². The molecular weight excluding hydrogens is 1100 g/mol. The third-order valence-corrected chi connectivity index (χ3v) is 27.0. The Morgan fingerprint density at radius 3 is 0.685 bits per heavy atom. The Bertz CT molecular complexity index is 3770. The summed E-state index contributed by atoms with van der Waals surface area (Å²) >= 11 is -0.749. The number of aliphatic imine (C=N–C) groups is 4. The molecule has 6 bridgehead atoms. The first-order valence-electron chi connectivity index (χ1n) is 37.6. The summed E-state index contributed by atoms with van der Waals surface area (Å²) in [4.78, 5) is 36.5. The van der Waals surface area contributed by atoms with Crippen LogP contribution in [-0.4, -0.2) is 46.1 Å². The molecule has 0 amide bonds. The molecule has 8 fully saturated rings. The summed E-state index contributed by atoms with van der Waals surface area (Å²) < 4.78 is 5.27. The monoisotopic (exact) mass is 1200 g/mol. The highest BCUT2D eigenvalue weighted by Gasteiger charge is 2.38. The van der Waals surface area contributed by atoms with Crippen molar-refractivity contribution in [3.05, 3.63) is 126 Å². The molecule has 8 saturated carbocycles. The Morgan fingerprint density at radius 1 is 0.225 bits per heavy atom. The van der Waals surface area contributed by atoms with Gasteiger partial charge in [0.2, 0.25) is 0 Å². The fraction of sp³-hybridized carbons (Fsp3) is 0.600. The SMILES string of the molecule is c1c2c(cc(C3CCCCC3)c1C1CCCCC1)C1=Nc3c4cc(C5CCCCC5)c(C5CCCCC5)cc4c4[n]3[Al][n]3c(c5cc(C6CCCCC6)c(C6CCCCC6)cc5c3=NC3=NC(=N4)c4cc(C5CCCCC5)c(C5CCCCC5)cc43)=NC2=N1. The largest absolute Gasteiger partial charge is 0.568 e. The van der Waals surface area contributed by atoms with E-state index < -0.39 is 15.7 Å². The normalized spacial score (nSPS) is 23.7. The van der Waals surface area contributed by atoms with Gasteiger partial charge < -0.3 is 7.10 Å². The minimum atomic E-state index is -0.749. The molecule has 6 heterocycles. The summed E-state index contributed by atoms with van der Waals surface area (Å²) in [5, 5.41) is 5.02. The van der Waals surface area contributed by atoms with Gasteiger partial charge in [-0.3, -0.25) is 0 Å². The van der Waals surface area contributed by atoms with Gasteiger partial charge in [-0.1, -0.05) is 154 Å². The van der Waals surface area contributed by atoms with Crippen LogP contribution in [0.25, 0.3) is 21.5 Å². The van der Waals surface area contributed by atoms with E-state index in [2.05, 4.69) is 55.6 Å². The Labute approximate surface area is 536 Å². The molecule has 459 valence electrons. The highest BCUT2D eigenvalue weighted by atomic mass is 27.1. The van der Waals surface area contributed by atoms with E-state index in [-0.39, 0.29) is 0 Å². The number of aromatic nitrogens is 2. The van der Waals surface area contributed by atoms with Crippen LogP contribution in [0.15, 0.2) is 78.5 Å². The Hall–Kier alpha value is -5.23. The third-order valence-electron chi connectivity index (χ3n) is 25.6. The molecule has 12 aliphatic rings. The van der Waals surface area contributed by atoms with Gasteiger partial charge >= 0.3 is 15.7 Å². The van der Waals surface area contributed by atoms with Gasteiger partial charge in [0, 0.05) is 43.8 Å². The zero-order valence-corrected chi connectivity index (χ0v) is 54.8. The Morgan fingerprint density at radius 2 is 0.438 bits per heavy atom. The van der Waals surface area contributed by atoms with E-state index in [9.17, 15) is 0 Å². The van der Waals surface area contributed by atoms with Gasteiger partial charge in [-0.2, -0.15) is 0 Å². The van der Waals surface area contributed by atoms with Crippen molar-refractivity contribution in [2.24, 2.45) is 30.0 Å². The maximum atomic E-state index is 6.19. The summed E-state index contributed by atoms with van der Waals surface area (Å²) in [5.74, 6) is 10.1. The molecule has 8 nitrogen and oxygen atoms in total. The molecular formula is C80H96AlN8. The van der Waals surface area contributed by atoms with Gasteiger partial charge in [0.1, 0.15) is 22.6 Å². The molecule has 0 atom stereocenters. The van der Waals surface area contributed by atoms with E-state index in [1.165, 1.54) is 301 Å². The average molecular weight is 1200 g/mol. The molecule has 1 radical (unpaired) electrons. The van der Waals surface area contributed by atoms with Crippen LogP contribution in [0.3, 0.4) is 0 Å². The topological polar surface area (TPSA) is 84.0 Å². The maximum Gasteiger partial charge on any atom is 0.568 e. The van der Waals surface area contributed by atoms with Crippen LogP contribution in [0.5, 0.6) is 0 Å². The van der Waals surface area contributed by atoms with Crippen molar-refractivity contribution in [1.29, 1.82) is 0 Å². The lowest BCUT2D eigenvalue weighted by Crippen LogP contribution is -2.36.